The number of unbranched alkanes of at least 4 members (excludes halogenated alkanes) is 2. The minimum absolute atomic E-state index is 0.0661. The number of hydrogen-bond acceptors (Lipinski definition) is 3. The largest absolute Gasteiger partial charge is 0.478 e. The Labute approximate surface area is 127 Å². The van der Waals surface area contributed by atoms with Gasteiger partial charge in [-0.15, -0.1) is 0 Å². The average molecular weight is 311 g/mol. The fraction of sp³-hybridized carbons (Fsp3) is 0.467. The third-order valence-electron chi connectivity index (χ3n) is 3.08. The molecule has 0 aliphatic carbocycles. The number of carboxylic acids is 1. The predicted molar refractivity (Wildman–Crippen MR) is 81.8 cm³/mol. The number of rotatable bonds is 8. The summed E-state index contributed by atoms with van der Waals surface area (Å²) in [4.78, 5) is 23.2. The number of carbonyl (C=O) groups is 2. The van der Waals surface area contributed by atoms with E-state index in [1.54, 1.807) is 13.0 Å². The van der Waals surface area contributed by atoms with E-state index in [1.807, 2.05) is 0 Å². The second kappa shape index (κ2) is 8.56. The van der Waals surface area contributed by atoms with Gasteiger partial charge >= 0.3 is 5.97 Å². The van der Waals surface area contributed by atoms with Crippen LogP contribution in [0.5, 0.6) is 0 Å². The fourth-order valence-electron chi connectivity index (χ4n) is 1.79. The second-order valence-corrected chi connectivity index (χ2v) is 6.54. The summed E-state index contributed by atoms with van der Waals surface area (Å²) < 4.78 is 12.3. The van der Waals surface area contributed by atoms with Gasteiger partial charge in [0.25, 0.3) is 0 Å². The first kappa shape index (κ1) is 17.4. The third-order valence-corrected chi connectivity index (χ3v) is 4.66. The molecule has 1 aromatic carbocycles. The maximum atomic E-state index is 12.3. The molecule has 0 saturated carbocycles. The number of amides is 1. The highest BCUT2D eigenvalue weighted by atomic mass is 32.2. The van der Waals surface area contributed by atoms with E-state index in [2.05, 4.69) is 12.2 Å². The van der Waals surface area contributed by atoms with Crippen molar-refractivity contribution < 1.29 is 18.9 Å². The Morgan fingerprint density at radius 1 is 1.33 bits per heavy atom. The Morgan fingerprint density at radius 2 is 2.05 bits per heavy atom. The Bertz CT molecular complexity index is 530. The number of carboxylic acid groups (broad SMARTS) is 1. The number of benzene rings is 1. The van der Waals surface area contributed by atoms with Crippen molar-refractivity contribution in [3.63, 3.8) is 0 Å². The molecule has 2 atom stereocenters. The molecule has 0 radical (unpaired) electrons. The maximum absolute atomic E-state index is 12.3. The van der Waals surface area contributed by atoms with Gasteiger partial charge in [0.2, 0.25) is 5.91 Å². The highest BCUT2D eigenvalue weighted by molar-refractivity contribution is 7.86. The normalized spacial score (nSPS) is 13.4. The highest BCUT2D eigenvalue weighted by Crippen LogP contribution is 2.14. The van der Waals surface area contributed by atoms with Gasteiger partial charge in [0.1, 0.15) is 5.25 Å². The SMILES string of the molecule is CCCCCNC(=O)C(C)S(=O)c1cccc(C(=O)O)c1. The van der Waals surface area contributed by atoms with Gasteiger partial charge in [-0.1, -0.05) is 25.8 Å². The third kappa shape index (κ3) is 5.30. The van der Waals surface area contributed by atoms with E-state index < -0.39 is 22.0 Å². The highest BCUT2D eigenvalue weighted by Gasteiger charge is 2.21. The summed E-state index contributed by atoms with van der Waals surface area (Å²) >= 11 is 0. The van der Waals surface area contributed by atoms with Crippen LogP contribution in [0.3, 0.4) is 0 Å². The van der Waals surface area contributed by atoms with Crippen molar-refractivity contribution in [2.75, 3.05) is 6.54 Å². The van der Waals surface area contributed by atoms with E-state index in [0.717, 1.165) is 19.3 Å². The molecule has 2 unspecified atom stereocenters. The lowest BCUT2D eigenvalue weighted by Gasteiger charge is -2.12. The summed E-state index contributed by atoms with van der Waals surface area (Å²) in [6.45, 7) is 4.23. The summed E-state index contributed by atoms with van der Waals surface area (Å²) in [6.07, 6.45) is 3.01. The zero-order chi connectivity index (χ0) is 15.8. The van der Waals surface area contributed by atoms with Crippen LogP contribution in [0.15, 0.2) is 29.2 Å². The molecule has 6 heteroatoms. The molecule has 0 bridgehead atoms. The molecule has 0 saturated heterocycles. The van der Waals surface area contributed by atoms with Crippen molar-refractivity contribution >= 4 is 22.7 Å². The van der Waals surface area contributed by atoms with Crippen LogP contribution in [-0.4, -0.2) is 33.0 Å². The van der Waals surface area contributed by atoms with E-state index in [9.17, 15) is 13.8 Å². The van der Waals surface area contributed by atoms with Crippen molar-refractivity contribution in [2.24, 2.45) is 0 Å². The Hall–Kier alpha value is -1.69. The molecule has 0 aliphatic rings. The lowest BCUT2D eigenvalue weighted by molar-refractivity contribution is -0.120. The number of aromatic carboxylic acids is 1. The zero-order valence-electron chi connectivity index (χ0n) is 12.3. The van der Waals surface area contributed by atoms with Crippen LogP contribution >= 0.6 is 0 Å². The fourth-order valence-corrected chi connectivity index (χ4v) is 2.93. The molecule has 2 N–H and O–H groups in total. The van der Waals surface area contributed by atoms with E-state index in [4.69, 9.17) is 5.11 Å². The van der Waals surface area contributed by atoms with Crippen molar-refractivity contribution in [1.29, 1.82) is 0 Å². The lowest BCUT2D eigenvalue weighted by Crippen LogP contribution is -2.36. The number of nitrogens with one attached hydrogen (secondary N) is 1. The van der Waals surface area contributed by atoms with Crippen LogP contribution in [-0.2, 0) is 15.6 Å². The summed E-state index contributed by atoms with van der Waals surface area (Å²) in [5.41, 5.74) is 0.0661. The van der Waals surface area contributed by atoms with Crippen molar-refractivity contribution in [3.05, 3.63) is 29.8 Å². The molecule has 5 nitrogen and oxygen atoms in total. The first-order valence-electron chi connectivity index (χ1n) is 6.99. The standard InChI is InChI=1S/C15H21NO4S/c1-3-4-5-9-16-14(17)11(2)21(20)13-8-6-7-12(10-13)15(18)19/h6-8,10-11H,3-5,9H2,1-2H3,(H,16,17)(H,18,19). The summed E-state index contributed by atoms with van der Waals surface area (Å²) in [6, 6.07) is 5.88. The molecule has 0 aliphatic heterocycles. The molecular weight excluding hydrogens is 290 g/mol. The minimum Gasteiger partial charge on any atom is -0.478 e. The first-order chi connectivity index (χ1) is 9.97. The number of hydrogen-bond donors (Lipinski definition) is 2. The minimum atomic E-state index is -1.57. The molecular formula is C15H21NO4S. The summed E-state index contributed by atoms with van der Waals surface area (Å²) in [5.74, 6) is -1.35. The van der Waals surface area contributed by atoms with Crippen molar-refractivity contribution in [3.8, 4) is 0 Å². The van der Waals surface area contributed by atoms with E-state index >= 15 is 0 Å². The monoisotopic (exact) mass is 311 g/mol. The first-order valence-corrected chi connectivity index (χ1v) is 8.20. The van der Waals surface area contributed by atoms with Gasteiger partial charge < -0.3 is 10.4 Å². The van der Waals surface area contributed by atoms with Crippen molar-refractivity contribution in [2.45, 2.75) is 43.3 Å². The molecule has 116 valence electrons. The summed E-state index contributed by atoms with van der Waals surface area (Å²) in [7, 11) is -1.57. The van der Waals surface area contributed by atoms with Gasteiger partial charge in [-0.3, -0.25) is 9.00 Å². The van der Waals surface area contributed by atoms with Gasteiger partial charge in [-0.2, -0.15) is 0 Å². The Kier molecular flexibility index (Phi) is 7.08. The van der Waals surface area contributed by atoms with Crippen LogP contribution < -0.4 is 5.32 Å². The Balaban J connectivity index is 2.67. The van der Waals surface area contributed by atoms with Crippen LogP contribution in [0.1, 0.15) is 43.5 Å². The van der Waals surface area contributed by atoms with Crippen LogP contribution in [0.25, 0.3) is 0 Å². The van der Waals surface area contributed by atoms with Gasteiger partial charge in [0, 0.05) is 11.4 Å². The van der Waals surface area contributed by atoms with Crippen molar-refractivity contribution in [1.82, 2.24) is 5.32 Å². The van der Waals surface area contributed by atoms with E-state index in [-0.39, 0.29) is 11.5 Å². The van der Waals surface area contributed by atoms with Crippen LogP contribution in [0.4, 0.5) is 0 Å². The molecule has 0 spiro atoms. The van der Waals surface area contributed by atoms with Crippen LogP contribution in [0, 0.1) is 0 Å². The molecule has 1 rings (SSSR count). The molecule has 0 heterocycles. The lowest BCUT2D eigenvalue weighted by atomic mass is 10.2. The second-order valence-electron chi connectivity index (χ2n) is 4.77. The van der Waals surface area contributed by atoms with Gasteiger partial charge in [-0.05, 0) is 31.5 Å². The maximum Gasteiger partial charge on any atom is 0.335 e. The smallest absolute Gasteiger partial charge is 0.335 e. The molecule has 21 heavy (non-hydrogen) atoms. The van der Waals surface area contributed by atoms with E-state index in [0.29, 0.717) is 11.4 Å². The van der Waals surface area contributed by atoms with Gasteiger partial charge in [0.05, 0.1) is 16.4 Å². The average Bonchev–Trinajstić information content (AvgIpc) is 2.50. The van der Waals surface area contributed by atoms with E-state index in [1.165, 1.54) is 18.2 Å². The predicted octanol–water partition coefficient (Wildman–Crippen LogP) is 2.19. The molecule has 1 aromatic rings. The van der Waals surface area contributed by atoms with Crippen LogP contribution in [0.2, 0.25) is 0 Å². The topological polar surface area (TPSA) is 83.5 Å². The van der Waals surface area contributed by atoms with Gasteiger partial charge in [0.15, 0.2) is 0 Å². The quantitative estimate of drug-likeness (QED) is 0.721. The zero-order valence-corrected chi connectivity index (χ0v) is 13.1. The molecule has 0 fully saturated rings. The molecule has 0 aromatic heterocycles. The van der Waals surface area contributed by atoms with Gasteiger partial charge in [-0.25, -0.2) is 4.79 Å². The Morgan fingerprint density at radius 3 is 2.67 bits per heavy atom. The summed E-state index contributed by atoms with van der Waals surface area (Å²) in [5, 5.41) is 11.0. The molecule has 1 amide bonds. The number of carbonyl (C=O) groups excluding carboxylic acids is 1.